The van der Waals surface area contributed by atoms with Crippen molar-refractivity contribution in [3.63, 3.8) is 0 Å². The summed E-state index contributed by atoms with van der Waals surface area (Å²) in [4.78, 5) is 0. The lowest BCUT2D eigenvalue weighted by Crippen LogP contribution is -2.36. The molecule has 0 amide bonds. The number of nitrogens with one attached hydrogen (secondary N) is 1. The van der Waals surface area contributed by atoms with Gasteiger partial charge in [-0.3, -0.25) is 0 Å². The molecular weight excluding hydrogens is 262 g/mol. The van der Waals surface area contributed by atoms with Crippen molar-refractivity contribution < 1.29 is 0 Å². The van der Waals surface area contributed by atoms with Gasteiger partial charge < -0.3 is 5.32 Å². The molecule has 19 heavy (non-hydrogen) atoms. The largest absolute Gasteiger partial charge is 0.305 e. The van der Waals surface area contributed by atoms with Crippen LogP contribution in [-0.2, 0) is 6.54 Å². The summed E-state index contributed by atoms with van der Waals surface area (Å²) in [5.74, 6) is 0.738. The fourth-order valence-corrected chi connectivity index (χ4v) is 1.83. The van der Waals surface area contributed by atoms with Crippen LogP contribution in [0.1, 0.15) is 32.2 Å². The smallest absolute Gasteiger partial charge is 0.170 e. The first-order valence-corrected chi connectivity index (χ1v) is 6.53. The highest BCUT2D eigenvalue weighted by molar-refractivity contribution is 6.32. The maximum absolute atomic E-state index is 6.21. The molecule has 6 heteroatoms. The van der Waals surface area contributed by atoms with E-state index in [9.17, 15) is 0 Å². The Morgan fingerprint density at radius 3 is 2.74 bits per heavy atom. The van der Waals surface area contributed by atoms with E-state index in [0.717, 1.165) is 17.1 Å². The van der Waals surface area contributed by atoms with Gasteiger partial charge >= 0.3 is 0 Å². The molecule has 1 N–H and O–H groups in total. The number of aromatic nitrogens is 4. The summed E-state index contributed by atoms with van der Waals surface area (Å²) >= 11 is 6.21. The lowest BCUT2D eigenvalue weighted by molar-refractivity contribution is 0.415. The summed E-state index contributed by atoms with van der Waals surface area (Å²) in [6.45, 7) is 8.89. The first kappa shape index (κ1) is 14.0. The number of aryl methyl sites for hydroxylation is 1. The van der Waals surface area contributed by atoms with Gasteiger partial charge in [0.15, 0.2) is 5.82 Å². The molecular formula is C13H18ClN5. The summed E-state index contributed by atoms with van der Waals surface area (Å²) in [7, 11) is 0. The highest BCUT2D eigenvalue weighted by Gasteiger charge is 2.15. The molecule has 0 aliphatic rings. The number of hydrogen-bond acceptors (Lipinski definition) is 4. The fraction of sp³-hybridized carbons (Fsp3) is 0.462. The third-order valence-corrected chi connectivity index (χ3v) is 2.96. The van der Waals surface area contributed by atoms with Crippen LogP contribution < -0.4 is 5.32 Å². The van der Waals surface area contributed by atoms with Crippen molar-refractivity contribution in [2.45, 2.75) is 39.8 Å². The van der Waals surface area contributed by atoms with Gasteiger partial charge in [-0.05, 0) is 55.8 Å². The van der Waals surface area contributed by atoms with Crippen molar-refractivity contribution in [3.05, 3.63) is 34.6 Å². The SMILES string of the molecule is Cc1ccc(Cl)c(-n2nnnc2CNC(C)(C)C)c1. The number of hydrogen-bond donors (Lipinski definition) is 1. The first-order chi connectivity index (χ1) is 8.87. The molecule has 2 rings (SSSR count). The molecule has 0 aliphatic carbocycles. The van der Waals surface area contributed by atoms with Crippen LogP contribution in [0.25, 0.3) is 5.69 Å². The van der Waals surface area contributed by atoms with Crippen molar-refractivity contribution in [1.82, 2.24) is 25.5 Å². The van der Waals surface area contributed by atoms with E-state index in [1.807, 2.05) is 25.1 Å². The lowest BCUT2D eigenvalue weighted by Gasteiger charge is -2.20. The van der Waals surface area contributed by atoms with Crippen LogP contribution in [0.5, 0.6) is 0 Å². The number of rotatable bonds is 3. The summed E-state index contributed by atoms with van der Waals surface area (Å²) in [6, 6.07) is 5.79. The molecule has 0 atom stereocenters. The first-order valence-electron chi connectivity index (χ1n) is 6.15. The number of halogens is 1. The highest BCUT2D eigenvalue weighted by atomic mass is 35.5. The van der Waals surface area contributed by atoms with E-state index in [4.69, 9.17) is 11.6 Å². The van der Waals surface area contributed by atoms with E-state index in [-0.39, 0.29) is 5.54 Å². The maximum atomic E-state index is 6.21. The van der Waals surface area contributed by atoms with E-state index in [0.29, 0.717) is 11.6 Å². The molecule has 0 radical (unpaired) electrons. The number of tetrazole rings is 1. The maximum Gasteiger partial charge on any atom is 0.170 e. The lowest BCUT2D eigenvalue weighted by atomic mass is 10.1. The molecule has 0 saturated carbocycles. The van der Waals surface area contributed by atoms with E-state index in [1.54, 1.807) is 4.68 Å². The molecule has 0 unspecified atom stereocenters. The molecule has 0 fully saturated rings. The second-order valence-corrected chi connectivity index (χ2v) is 5.97. The molecule has 102 valence electrons. The average Bonchev–Trinajstić information content (AvgIpc) is 2.77. The number of benzene rings is 1. The third kappa shape index (κ3) is 3.52. The summed E-state index contributed by atoms with van der Waals surface area (Å²) in [5.41, 5.74) is 1.93. The van der Waals surface area contributed by atoms with Gasteiger partial charge in [0.05, 0.1) is 17.3 Å². The predicted molar refractivity (Wildman–Crippen MR) is 75.5 cm³/mol. The zero-order chi connectivity index (χ0) is 14.0. The minimum atomic E-state index is 0.00712. The van der Waals surface area contributed by atoms with Crippen LogP contribution >= 0.6 is 11.6 Å². The van der Waals surface area contributed by atoms with Crippen LogP contribution in [0.2, 0.25) is 5.02 Å². The van der Waals surface area contributed by atoms with Crippen molar-refractivity contribution in [2.75, 3.05) is 0 Å². The van der Waals surface area contributed by atoms with E-state index in [1.165, 1.54) is 0 Å². The highest BCUT2D eigenvalue weighted by Crippen LogP contribution is 2.21. The van der Waals surface area contributed by atoms with Gasteiger partial charge in [0.25, 0.3) is 0 Å². The molecule has 2 aromatic rings. The quantitative estimate of drug-likeness (QED) is 0.938. The third-order valence-electron chi connectivity index (χ3n) is 2.64. The van der Waals surface area contributed by atoms with Crippen LogP contribution in [-0.4, -0.2) is 25.7 Å². The second kappa shape index (κ2) is 5.27. The Morgan fingerprint density at radius 2 is 2.05 bits per heavy atom. The Kier molecular flexibility index (Phi) is 3.87. The molecule has 1 heterocycles. The Bertz CT molecular complexity index is 571. The minimum Gasteiger partial charge on any atom is -0.305 e. The van der Waals surface area contributed by atoms with Gasteiger partial charge in [-0.1, -0.05) is 17.7 Å². The van der Waals surface area contributed by atoms with Gasteiger partial charge in [-0.2, -0.15) is 4.68 Å². The van der Waals surface area contributed by atoms with Crippen molar-refractivity contribution in [1.29, 1.82) is 0 Å². The van der Waals surface area contributed by atoms with Crippen molar-refractivity contribution >= 4 is 11.6 Å². The average molecular weight is 280 g/mol. The van der Waals surface area contributed by atoms with Gasteiger partial charge in [-0.15, -0.1) is 5.10 Å². The second-order valence-electron chi connectivity index (χ2n) is 5.57. The Hall–Kier alpha value is -1.46. The molecule has 0 saturated heterocycles. The Balaban J connectivity index is 2.31. The summed E-state index contributed by atoms with van der Waals surface area (Å²) in [6.07, 6.45) is 0. The van der Waals surface area contributed by atoms with Crippen LogP contribution in [0.15, 0.2) is 18.2 Å². The summed E-state index contributed by atoms with van der Waals surface area (Å²) < 4.78 is 1.67. The van der Waals surface area contributed by atoms with Crippen LogP contribution in [0.3, 0.4) is 0 Å². The summed E-state index contributed by atoms with van der Waals surface area (Å²) in [5, 5.41) is 15.8. The van der Waals surface area contributed by atoms with Gasteiger partial charge in [0.1, 0.15) is 0 Å². The molecule has 5 nitrogen and oxygen atoms in total. The van der Waals surface area contributed by atoms with Crippen LogP contribution in [0.4, 0.5) is 0 Å². The molecule has 0 bridgehead atoms. The van der Waals surface area contributed by atoms with E-state index >= 15 is 0 Å². The van der Waals surface area contributed by atoms with E-state index < -0.39 is 0 Å². The topological polar surface area (TPSA) is 55.6 Å². The standard InChI is InChI=1S/C13H18ClN5/c1-9-5-6-10(14)11(7-9)19-12(16-17-18-19)8-15-13(2,3)4/h5-7,15H,8H2,1-4H3. The van der Waals surface area contributed by atoms with Crippen molar-refractivity contribution in [2.24, 2.45) is 0 Å². The Labute approximate surface area is 118 Å². The number of nitrogens with zero attached hydrogens (tertiary/aromatic N) is 4. The van der Waals surface area contributed by atoms with Crippen molar-refractivity contribution in [3.8, 4) is 5.69 Å². The molecule has 1 aromatic heterocycles. The molecule has 0 aliphatic heterocycles. The molecule has 0 spiro atoms. The fourth-order valence-electron chi connectivity index (χ4n) is 1.63. The van der Waals surface area contributed by atoms with Gasteiger partial charge in [0, 0.05) is 5.54 Å². The normalized spacial score (nSPS) is 11.8. The molecule has 1 aromatic carbocycles. The van der Waals surface area contributed by atoms with Gasteiger partial charge in [-0.25, -0.2) is 0 Å². The zero-order valence-corrected chi connectivity index (χ0v) is 12.4. The van der Waals surface area contributed by atoms with Gasteiger partial charge in [0.2, 0.25) is 0 Å². The monoisotopic (exact) mass is 279 g/mol. The zero-order valence-electron chi connectivity index (χ0n) is 11.6. The van der Waals surface area contributed by atoms with E-state index in [2.05, 4.69) is 41.6 Å². The predicted octanol–water partition coefficient (Wildman–Crippen LogP) is 2.51. The van der Waals surface area contributed by atoms with Crippen LogP contribution in [0, 0.1) is 6.92 Å². The minimum absolute atomic E-state index is 0.00712. The Morgan fingerprint density at radius 1 is 1.32 bits per heavy atom.